The molecule has 0 aromatic carbocycles. The highest BCUT2D eigenvalue weighted by molar-refractivity contribution is 7.89. The van der Waals surface area contributed by atoms with Gasteiger partial charge in [-0.25, -0.2) is 12.7 Å². The van der Waals surface area contributed by atoms with E-state index in [1.54, 1.807) is 4.31 Å². The third-order valence-electron chi connectivity index (χ3n) is 3.89. The van der Waals surface area contributed by atoms with Gasteiger partial charge in [-0.05, 0) is 25.7 Å². The van der Waals surface area contributed by atoms with Crippen LogP contribution >= 0.6 is 11.6 Å². The minimum absolute atomic E-state index is 0.0300. The number of carbonyl (C=O) groups is 1. The summed E-state index contributed by atoms with van der Waals surface area (Å²) in [6.45, 7) is 1.97. The fourth-order valence-electron chi connectivity index (χ4n) is 2.71. The van der Waals surface area contributed by atoms with Crippen molar-refractivity contribution in [1.82, 2.24) is 9.62 Å². The predicted octanol–water partition coefficient (Wildman–Crippen LogP) is 0.315. The third-order valence-corrected chi connectivity index (χ3v) is 6.53. The number of carbonyl (C=O) groups excluding carboxylic acids is 1. The third kappa shape index (κ3) is 3.84. The van der Waals surface area contributed by atoms with Gasteiger partial charge in [-0.2, -0.15) is 0 Å². The summed E-state index contributed by atoms with van der Waals surface area (Å²) < 4.78 is 31.7. The summed E-state index contributed by atoms with van der Waals surface area (Å²) >= 11 is 5.44. The first-order valence-corrected chi connectivity index (χ1v) is 9.00. The summed E-state index contributed by atoms with van der Waals surface area (Å²) in [6.07, 6.45) is 2.44. The minimum atomic E-state index is -3.23. The van der Waals surface area contributed by atoms with E-state index < -0.39 is 10.0 Å². The normalized spacial score (nSPS) is 23.6. The van der Waals surface area contributed by atoms with E-state index in [0.717, 1.165) is 0 Å². The molecule has 0 bridgehead atoms. The molecule has 2 aliphatic heterocycles. The lowest BCUT2D eigenvalue weighted by atomic mass is 10.1. The van der Waals surface area contributed by atoms with Crippen molar-refractivity contribution in [2.75, 3.05) is 32.2 Å². The number of nitrogens with one attached hydrogen (secondary N) is 1. The second kappa shape index (κ2) is 7.06. The standard InChI is InChI=1S/C12H21ClN2O4S/c13-9-12(16)14-10-1-5-15(6-2-10)20(17,18)11-3-7-19-8-4-11/h10-11H,1-9H2,(H,14,16). The molecule has 0 aliphatic carbocycles. The van der Waals surface area contributed by atoms with Crippen LogP contribution < -0.4 is 5.32 Å². The smallest absolute Gasteiger partial charge is 0.235 e. The Hall–Kier alpha value is -0.370. The molecule has 2 rings (SSSR count). The monoisotopic (exact) mass is 324 g/mol. The van der Waals surface area contributed by atoms with Crippen molar-refractivity contribution in [3.8, 4) is 0 Å². The Kier molecular flexibility index (Phi) is 5.65. The Morgan fingerprint density at radius 3 is 2.35 bits per heavy atom. The van der Waals surface area contributed by atoms with Crippen LogP contribution in [0.25, 0.3) is 0 Å². The van der Waals surface area contributed by atoms with Crippen LogP contribution in [0.15, 0.2) is 0 Å². The van der Waals surface area contributed by atoms with E-state index in [1.807, 2.05) is 0 Å². The first kappa shape index (κ1) is 16.0. The summed E-state index contributed by atoms with van der Waals surface area (Å²) in [5.41, 5.74) is 0. The van der Waals surface area contributed by atoms with Crippen molar-refractivity contribution in [2.45, 2.75) is 37.0 Å². The largest absolute Gasteiger partial charge is 0.381 e. The Balaban J connectivity index is 1.87. The lowest BCUT2D eigenvalue weighted by Crippen LogP contribution is -2.49. The van der Waals surface area contributed by atoms with Gasteiger partial charge >= 0.3 is 0 Å². The number of sulfonamides is 1. The molecule has 8 heteroatoms. The first-order valence-electron chi connectivity index (χ1n) is 6.96. The maximum Gasteiger partial charge on any atom is 0.235 e. The van der Waals surface area contributed by atoms with Gasteiger partial charge in [0.2, 0.25) is 15.9 Å². The lowest BCUT2D eigenvalue weighted by molar-refractivity contribution is -0.119. The van der Waals surface area contributed by atoms with Crippen LogP contribution in [0.1, 0.15) is 25.7 Å². The number of alkyl halides is 1. The van der Waals surface area contributed by atoms with Gasteiger partial charge in [-0.1, -0.05) is 0 Å². The Morgan fingerprint density at radius 1 is 1.20 bits per heavy atom. The Labute approximate surface area is 124 Å². The first-order chi connectivity index (χ1) is 9.54. The number of piperidine rings is 1. The van der Waals surface area contributed by atoms with Crippen molar-refractivity contribution in [3.63, 3.8) is 0 Å². The molecular weight excluding hydrogens is 304 g/mol. The molecule has 0 radical (unpaired) electrons. The molecule has 2 aliphatic rings. The van der Waals surface area contributed by atoms with Gasteiger partial charge in [0, 0.05) is 32.3 Å². The number of hydrogen-bond donors (Lipinski definition) is 1. The highest BCUT2D eigenvalue weighted by Gasteiger charge is 2.35. The fraction of sp³-hybridized carbons (Fsp3) is 0.917. The van der Waals surface area contributed by atoms with E-state index >= 15 is 0 Å². The van der Waals surface area contributed by atoms with Crippen LogP contribution in [0.2, 0.25) is 0 Å². The maximum atomic E-state index is 12.5. The summed E-state index contributed by atoms with van der Waals surface area (Å²) in [4.78, 5) is 11.2. The number of amides is 1. The zero-order chi connectivity index (χ0) is 14.6. The SMILES string of the molecule is O=C(CCl)NC1CCN(S(=O)(=O)C2CCOCC2)CC1. The van der Waals surface area contributed by atoms with E-state index in [4.69, 9.17) is 16.3 Å². The summed E-state index contributed by atoms with van der Waals surface area (Å²) in [6, 6.07) is 0.0300. The molecular formula is C12H21ClN2O4S. The average molecular weight is 325 g/mol. The number of halogens is 1. The van der Waals surface area contributed by atoms with Gasteiger partial charge in [-0.15, -0.1) is 11.6 Å². The van der Waals surface area contributed by atoms with Crippen LogP contribution in [-0.2, 0) is 19.6 Å². The second-order valence-electron chi connectivity index (χ2n) is 5.23. The van der Waals surface area contributed by atoms with Gasteiger partial charge in [-0.3, -0.25) is 4.79 Å². The summed E-state index contributed by atoms with van der Waals surface area (Å²) in [7, 11) is -3.23. The van der Waals surface area contributed by atoms with Crippen LogP contribution in [-0.4, -0.2) is 62.1 Å². The van der Waals surface area contributed by atoms with Crippen LogP contribution in [0.3, 0.4) is 0 Å². The minimum Gasteiger partial charge on any atom is -0.381 e. The quantitative estimate of drug-likeness (QED) is 0.755. The van der Waals surface area contributed by atoms with E-state index in [-0.39, 0.29) is 23.1 Å². The highest BCUT2D eigenvalue weighted by atomic mass is 35.5. The second-order valence-corrected chi connectivity index (χ2v) is 7.71. The average Bonchev–Trinajstić information content (AvgIpc) is 2.48. The fourth-order valence-corrected chi connectivity index (χ4v) is 4.71. The topological polar surface area (TPSA) is 75.7 Å². The van der Waals surface area contributed by atoms with Gasteiger partial charge < -0.3 is 10.1 Å². The number of hydrogen-bond acceptors (Lipinski definition) is 4. The molecule has 2 saturated heterocycles. The Bertz CT molecular complexity index is 429. The Morgan fingerprint density at radius 2 is 1.80 bits per heavy atom. The lowest BCUT2D eigenvalue weighted by Gasteiger charge is -2.35. The maximum absolute atomic E-state index is 12.5. The molecule has 0 spiro atoms. The molecule has 1 amide bonds. The van der Waals surface area contributed by atoms with Gasteiger partial charge in [0.05, 0.1) is 5.25 Å². The summed E-state index contributed by atoms with van der Waals surface area (Å²) in [5.74, 6) is -0.252. The van der Waals surface area contributed by atoms with Crippen molar-refractivity contribution in [2.24, 2.45) is 0 Å². The molecule has 1 N–H and O–H groups in total. The van der Waals surface area contributed by atoms with Crippen molar-refractivity contribution in [1.29, 1.82) is 0 Å². The number of ether oxygens (including phenoxy) is 1. The highest BCUT2D eigenvalue weighted by Crippen LogP contribution is 2.23. The molecule has 0 atom stereocenters. The van der Waals surface area contributed by atoms with Crippen LogP contribution in [0.5, 0.6) is 0 Å². The van der Waals surface area contributed by atoms with Crippen molar-refractivity contribution >= 4 is 27.5 Å². The molecule has 2 heterocycles. The summed E-state index contributed by atoms with van der Waals surface area (Å²) in [5, 5.41) is 2.49. The molecule has 0 aromatic rings. The van der Waals surface area contributed by atoms with Gasteiger partial charge in [0.25, 0.3) is 0 Å². The van der Waals surface area contributed by atoms with Crippen LogP contribution in [0.4, 0.5) is 0 Å². The molecule has 20 heavy (non-hydrogen) atoms. The zero-order valence-corrected chi connectivity index (χ0v) is 13.0. The van der Waals surface area contributed by atoms with Crippen molar-refractivity contribution < 1.29 is 17.9 Å². The van der Waals surface area contributed by atoms with E-state index in [9.17, 15) is 13.2 Å². The van der Waals surface area contributed by atoms with E-state index in [1.165, 1.54) is 0 Å². The molecule has 0 aromatic heterocycles. The van der Waals surface area contributed by atoms with Crippen molar-refractivity contribution in [3.05, 3.63) is 0 Å². The van der Waals surface area contributed by atoms with Gasteiger partial charge in [0.1, 0.15) is 5.88 Å². The number of nitrogens with zero attached hydrogens (tertiary/aromatic N) is 1. The molecule has 0 unspecified atom stereocenters. The molecule has 0 saturated carbocycles. The van der Waals surface area contributed by atoms with E-state index in [2.05, 4.69) is 5.32 Å². The van der Waals surface area contributed by atoms with Gasteiger partial charge in [0.15, 0.2) is 0 Å². The van der Waals surface area contributed by atoms with E-state index in [0.29, 0.717) is 52.0 Å². The number of rotatable bonds is 4. The predicted molar refractivity (Wildman–Crippen MR) is 76.2 cm³/mol. The van der Waals surface area contributed by atoms with Crippen LogP contribution in [0, 0.1) is 0 Å². The zero-order valence-electron chi connectivity index (χ0n) is 11.4. The molecule has 116 valence electrons. The molecule has 6 nitrogen and oxygen atoms in total. The molecule has 2 fully saturated rings.